The molecule has 0 radical (unpaired) electrons. The minimum Gasteiger partial charge on any atom is -0.493 e. The summed E-state index contributed by atoms with van der Waals surface area (Å²) in [6.45, 7) is 4.85. The third-order valence-electron chi connectivity index (χ3n) is 5.36. The molecule has 2 amide bonds. The number of carbonyl (C=O) groups is 2. The Morgan fingerprint density at radius 3 is 2.67 bits per heavy atom. The fourth-order valence-electron chi connectivity index (χ4n) is 3.64. The van der Waals surface area contributed by atoms with Crippen LogP contribution in [0.1, 0.15) is 60.5 Å². The number of nitrogens with one attached hydrogen (secondary N) is 2. The lowest BCUT2D eigenvalue weighted by Gasteiger charge is -2.24. The molecule has 0 saturated heterocycles. The molecule has 2 aromatic rings. The van der Waals surface area contributed by atoms with Crippen LogP contribution < -0.4 is 20.3 Å². The average Bonchev–Trinajstić information content (AvgIpc) is 2.76. The Bertz CT molecular complexity index is 895. The predicted octanol–water partition coefficient (Wildman–Crippen LogP) is 4.00. The van der Waals surface area contributed by atoms with Gasteiger partial charge in [-0.2, -0.15) is 0 Å². The monoisotopic (exact) mass is 410 g/mol. The van der Waals surface area contributed by atoms with Gasteiger partial charge >= 0.3 is 0 Å². The Labute approximate surface area is 177 Å². The van der Waals surface area contributed by atoms with Crippen LogP contribution in [-0.4, -0.2) is 25.5 Å². The summed E-state index contributed by atoms with van der Waals surface area (Å²) < 4.78 is 11.1. The van der Waals surface area contributed by atoms with E-state index in [1.54, 1.807) is 18.2 Å². The van der Waals surface area contributed by atoms with Crippen LogP contribution in [0.15, 0.2) is 42.5 Å². The number of rotatable bonds is 7. The maximum Gasteiger partial charge on any atom is 0.269 e. The number of amides is 2. The first-order valence-corrected chi connectivity index (χ1v) is 10.5. The van der Waals surface area contributed by atoms with E-state index < -0.39 is 5.91 Å². The molecule has 0 spiro atoms. The van der Waals surface area contributed by atoms with Gasteiger partial charge < -0.3 is 9.47 Å². The number of hydrazine groups is 1. The molecule has 6 heteroatoms. The quantitative estimate of drug-likeness (QED) is 0.677. The van der Waals surface area contributed by atoms with Crippen LogP contribution in [0, 0.1) is 5.92 Å². The van der Waals surface area contributed by atoms with Crippen LogP contribution >= 0.6 is 0 Å². The number of fused-ring (bicyclic) bond motifs is 1. The summed E-state index contributed by atoms with van der Waals surface area (Å²) in [5.74, 6) is 0.773. The van der Waals surface area contributed by atoms with Crippen LogP contribution in [0.5, 0.6) is 11.5 Å². The molecule has 30 heavy (non-hydrogen) atoms. The molecule has 0 fully saturated rings. The predicted molar refractivity (Wildman–Crippen MR) is 116 cm³/mol. The lowest BCUT2D eigenvalue weighted by atomic mass is 9.82. The Morgan fingerprint density at radius 1 is 1.10 bits per heavy atom. The fourth-order valence-corrected chi connectivity index (χ4v) is 3.64. The summed E-state index contributed by atoms with van der Waals surface area (Å²) in [6, 6.07) is 13.0. The van der Waals surface area contributed by atoms with Gasteiger partial charge in [0.1, 0.15) is 0 Å². The van der Waals surface area contributed by atoms with Gasteiger partial charge in [-0.25, -0.2) is 0 Å². The molecule has 1 aliphatic carbocycles. The Morgan fingerprint density at radius 2 is 1.90 bits per heavy atom. The van der Waals surface area contributed by atoms with Crippen LogP contribution in [0.4, 0.5) is 0 Å². The van der Waals surface area contributed by atoms with Gasteiger partial charge in [0.25, 0.3) is 5.91 Å². The number of aryl methyl sites for hydroxylation is 1. The standard InChI is InChI=1S/C24H30N2O4/c1-16(2)13-14-30-21-12-11-18(15-22(21)29-3)23(27)25-26-24(28)20-10-6-8-17-7-4-5-9-19(17)20/h4-5,7,9,11-12,15-16,20H,6,8,10,13-14H2,1-3H3,(H,25,27)(H,26,28)/t20-/m0/s1. The van der Waals surface area contributed by atoms with Crippen molar-refractivity contribution in [1.82, 2.24) is 10.9 Å². The lowest BCUT2D eigenvalue weighted by molar-refractivity contribution is -0.123. The van der Waals surface area contributed by atoms with Crippen molar-refractivity contribution in [2.75, 3.05) is 13.7 Å². The largest absolute Gasteiger partial charge is 0.493 e. The summed E-state index contributed by atoms with van der Waals surface area (Å²) in [5, 5.41) is 0. The van der Waals surface area contributed by atoms with E-state index in [-0.39, 0.29) is 11.8 Å². The second-order valence-corrected chi connectivity index (χ2v) is 7.98. The van der Waals surface area contributed by atoms with Gasteiger partial charge in [-0.1, -0.05) is 38.1 Å². The molecule has 0 bridgehead atoms. The molecular weight excluding hydrogens is 380 g/mol. The van der Waals surface area contributed by atoms with E-state index in [2.05, 4.69) is 30.8 Å². The van der Waals surface area contributed by atoms with Crippen molar-refractivity contribution in [2.24, 2.45) is 5.92 Å². The minimum atomic E-state index is -0.403. The highest BCUT2D eigenvalue weighted by atomic mass is 16.5. The highest BCUT2D eigenvalue weighted by molar-refractivity contribution is 5.96. The van der Waals surface area contributed by atoms with Crippen molar-refractivity contribution in [1.29, 1.82) is 0 Å². The maximum atomic E-state index is 12.7. The Balaban J connectivity index is 1.60. The molecule has 1 aliphatic rings. The molecule has 1 atom stereocenters. The second-order valence-electron chi connectivity index (χ2n) is 7.98. The van der Waals surface area contributed by atoms with Crippen molar-refractivity contribution >= 4 is 11.8 Å². The molecule has 0 heterocycles. The summed E-state index contributed by atoms with van der Waals surface area (Å²) in [5.41, 5.74) is 7.73. The zero-order valence-electron chi connectivity index (χ0n) is 17.9. The highest BCUT2D eigenvalue weighted by Gasteiger charge is 2.26. The maximum absolute atomic E-state index is 12.7. The molecule has 2 aromatic carbocycles. The zero-order valence-corrected chi connectivity index (χ0v) is 17.9. The van der Waals surface area contributed by atoms with Crippen LogP contribution in [0.3, 0.4) is 0 Å². The Kier molecular flexibility index (Phi) is 7.33. The molecule has 2 N–H and O–H groups in total. The van der Waals surface area contributed by atoms with Crippen molar-refractivity contribution in [3.05, 3.63) is 59.2 Å². The van der Waals surface area contributed by atoms with Crippen LogP contribution in [0.25, 0.3) is 0 Å². The second kappa shape index (κ2) is 10.1. The van der Waals surface area contributed by atoms with Crippen molar-refractivity contribution in [3.63, 3.8) is 0 Å². The summed E-state index contributed by atoms with van der Waals surface area (Å²) in [6.07, 6.45) is 3.65. The minimum absolute atomic E-state index is 0.198. The summed E-state index contributed by atoms with van der Waals surface area (Å²) in [7, 11) is 1.54. The number of benzene rings is 2. The van der Waals surface area contributed by atoms with E-state index in [9.17, 15) is 9.59 Å². The van der Waals surface area contributed by atoms with E-state index in [4.69, 9.17) is 9.47 Å². The van der Waals surface area contributed by atoms with Crippen molar-refractivity contribution < 1.29 is 19.1 Å². The summed E-state index contributed by atoms with van der Waals surface area (Å²) in [4.78, 5) is 25.2. The topological polar surface area (TPSA) is 76.7 Å². The first-order chi connectivity index (χ1) is 14.5. The van der Waals surface area contributed by atoms with Gasteiger partial charge in [-0.15, -0.1) is 0 Å². The molecule has 6 nitrogen and oxygen atoms in total. The fraction of sp³-hybridized carbons (Fsp3) is 0.417. The van der Waals surface area contributed by atoms with Gasteiger partial charge in [0, 0.05) is 5.56 Å². The van der Waals surface area contributed by atoms with Gasteiger partial charge in [0.05, 0.1) is 19.6 Å². The SMILES string of the molecule is COc1cc(C(=O)NNC(=O)[C@H]2CCCc3ccccc32)ccc1OCCC(C)C. The number of methoxy groups -OCH3 is 1. The van der Waals surface area contributed by atoms with Crippen molar-refractivity contribution in [2.45, 2.75) is 45.4 Å². The molecule has 0 aromatic heterocycles. The third-order valence-corrected chi connectivity index (χ3v) is 5.36. The molecule has 0 saturated carbocycles. The smallest absolute Gasteiger partial charge is 0.269 e. The molecular formula is C24H30N2O4. The number of hydrogen-bond acceptors (Lipinski definition) is 4. The van der Waals surface area contributed by atoms with Crippen LogP contribution in [-0.2, 0) is 11.2 Å². The van der Waals surface area contributed by atoms with E-state index in [1.807, 2.05) is 18.2 Å². The number of carbonyl (C=O) groups excluding carboxylic acids is 2. The van der Waals surface area contributed by atoms with E-state index in [0.717, 1.165) is 31.2 Å². The Hall–Kier alpha value is -3.02. The number of ether oxygens (including phenoxy) is 2. The first kappa shape index (κ1) is 21.7. The van der Waals surface area contributed by atoms with E-state index in [0.29, 0.717) is 29.6 Å². The molecule has 0 unspecified atom stereocenters. The number of hydrogen-bond donors (Lipinski definition) is 2. The van der Waals surface area contributed by atoms with Gasteiger partial charge in [0.15, 0.2) is 11.5 Å². The van der Waals surface area contributed by atoms with Crippen LogP contribution in [0.2, 0.25) is 0 Å². The third kappa shape index (κ3) is 5.32. The van der Waals surface area contributed by atoms with E-state index in [1.165, 1.54) is 12.7 Å². The molecule has 3 rings (SSSR count). The normalized spacial score (nSPS) is 15.3. The molecule has 0 aliphatic heterocycles. The lowest BCUT2D eigenvalue weighted by Crippen LogP contribution is -2.44. The van der Waals surface area contributed by atoms with E-state index >= 15 is 0 Å². The zero-order chi connectivity index (χ0) is 21.5. The van der Waals surface area contributed by atoms with Gasteiger partial charge in [0.2, 0.25) is 5.91 Å². The van der Waals surface area contributed by atoms with Gasteiger partial charge in [-0.3, -0.25) is 20.4 Å². The molecule has 160 valence electrons. The van der Waals surface area contributed by atoms with Gasteiger partial charge in [-0.05, 0) is 60.9 Å². The van der Waals surface area contributed by atoms with Crippen molar-refractivity contribution in [3.8, 4) is 11.5 Å². The first-order valence-electron chi connectivity index (χ1n) is 10.5. The average molecular weight is 411 g/mol. The summed E-state index contributed by atoms with van der Waals surface area (Å²) >= 11 is 0. The highest BCUT2D eigenvalue weighted by Crippen LogP contribution is 2.31.